The van der Waals surface area contributed by atoms with Crippen LogP contribution in [0.5, 0.6) is 0 Å². The molecule has 0 spiro atoms. The van der Waals surface area contributed by atoms with Gasteiger partial charge in [-0.3, -0.25) is 4.79 Å². The van der Waals surface area contributed by atoms with E-state index in [1.807, 2.05) is 67.6 Å². The van der Waals surface area contributed by atoms with Gasteiger partial charge in [-0.05, 0) is 42.8 Å². The number of anilines is 3. The van der Waals surface area contributed by atoms with Crippen molar-refractivity contribution in [1.82, 2.24) is 29.6 Å². The molecule has 1 unspecified atom stereocenters. The molecule has 2 N–H and O–H groups in total. The Morgan fingerprint density at radius 1 is 0.947 bits per heavy atom. The zero-order chi connectivity index (χ0) is 26.1. The molecule has 0 radical (unpaired) electrons. The lowest BCUT2D eigenvalue weighted by atomic mass is 10.1. The number of hydrogen-bond donors (Lipinski definition) is 2. The summed E-state index contributed by atoms with van der Waals surface area (Å²) in [7, 11) is 0. The first-order valence-corrected chi connectivity index (χ1v) is 12.2. The standard InChI is InChI=1S/C28H23FN8O/c1-2-21(34-26-24-25(31-16-30-24)32-17-33-26)27-35-22-15-9-14-20(29)23(22)28(38)37(27)36(18-10-5-3-6-11-18)19-12-7-4-8-13-19/h3-17,21H,2H2,1H3,(H2,30,31,32,33,34). The molecule has 0 bridgehead atoms. The fraction of sp³-hybridized carbons (Fsp3) is 0.107. The number of halogens is 1. The molecule has 0 saturated carbocycles. The minimum Gasteiger partial charge on any atom is -0.358 e. The quantitative estimate of drug-likeness (QED) is 0.300. The molecule has 6 rings (SSSR count). The summed E-state index contributed by atoms with van der Waals surface area (Å²) in [6.07, 6.45) is 3.53. The monoisotopic (exact) mass is 506 g/mol. The molecular weight excluding hydrogens is 483 g/mol. The van der Waals surface area contributed by atoms with E-state index in [1.54, 1.807) is 23.5 Å². The van der Waals surface area contributed by atoms with E-state index >= 15 is 4.39 Å². The second-order valence-corrected chi connectivity index (χ2v) is 8.63. The molecule has 0 aliphatic heterocycles. The van der Waals surface area contributed by atoms with Gasteiger partial charge in [0.15, 0.2) is 17.3 Å². The molecule has 0 aliphatic carbocycles. The fourth-order valence-electron chi connectivity index (χ4n) is 4.52. The van der Waals surface area contributed by atoms with Gasteiger partial charge in [0.05, 0.1) is 29.3 Å². The molecular formula is C28H23FN8O. The van der Waals surface area contributed by atoms with E-state index in [1.165, 1.54) is 17.1 Å². The average molecular weight is 507 g/mol. The molecule has 0 amide bonds. The summed E-state index contributed by atoms with van der Waals surface area (Å²) in [5, 5.41) is 5.07. The van der Waals surface area contributed by atoms with E-state index in [-0.39, 0.29) is 10.9 Å². The van der Waals surface area contributed by atoms with E-state index in [4.69, 9.17) is 4.98 Å². The third-order valence-electron chi connectivity index (χ3n) is 6.30. The number of benzene rings is 3. The fourth-order valence-corrected chi connectivity index (χ4v) is 4.52. The van der Waals surface area contributed by atoms with Crippen molar-refractivity contribution in [1.29, 1.82) is 0 Å². The molecule has 188 valence electrons. The number of aromatic amines is 1. The molecule has 3 aromatic heterocycles. The van der Waals surface area contributed by atoms with Crippen molar-refractivity contribution in [3.05, 3.63) is 114 Å². The first-order valence-electron chi connectivity index (χ1n) is 12.2. The molecule has 1 atom stereocenters. The predicted octanol–water partition coefficient (Wildman–Crippen LogP) is 5.37. The Bertz CT molecular complexity index is 1750. The summed E-state index contributed by atoms with van der Waals surface area (Å²) in [6.45, 7) is 1.97. The number of aromatic nitrogens is 6. The van der Waals surface area contributed by atoms with Gasteiger partial charge in [0, 0.05) is 0 Å². The van der Waals surface area contributed by atoms with Crippen LogP contribution in [0, 0.1) is 5.82 Å². The third-order valence-corrected chi connectivity index (χ3v) is 6.30. The molecule has 0 aliphatic rings. The minimum absolute atomic E-state index is 0.0836. The van der Waals surface area contributed by atoms with Crippen LogP contribution < -0.4 is 15.9 Å². The predicted molar refractivity (Wildman–Crippen MR) is 145 cm³/mol. The van der Waals surface area contributed by atoms with Crippen LogP contribution >= 0.6 is 0 Å². The number of fused-ring (bicyclic) bond motifs is 2. The Morgan fingerprint density at radius 3 is 2.34 bits per heavy atom. The lowest BCUT2D eigenvalue weighted by molar-refractivity contribution is 0.599. The van der Waals surface area contributed by atoms with Gasteiger partial charge in [-0.15, -0.1) is 0 Å². The average Bonchev–Trinajstić information content (AvgIpc) is 3.44. The van der Waals surface area contributed by atoms with Crippen LogP contribution in [-0.2, 0) is 0 Å². The normalized spacial score (nSPS) is 12.1. The topological polar surface area (TPSA) is 105 Å². The minimum atomic E-state index is -0.628. The van der Waals surface area contributed by atoms with Gasteiger partial charge in [-0.25, -0.2) is 29.3 Å². The van der Waals surface area contributed by atoms with Gasteiger partial charge in [0.25, 0.3) is 5.56 Å². The van der Waals surface area contributed by atoms with Gasteiger partial charge in [0.1, 0.15) is 23.0 Å². The number of para-hydroxylation sites is 2. The Kier molecular flexibility index (Phi) is 5.97. The third kappa shape index (κ3) is 4.01. The summed E-state index contributed by atoms with van der Waals surface area (Å²) in [6, 6.07) is 22.9. The lowest BCUT2D eigenvalue weighted by Gasteiger charge is -2.31. The zero-order valence-electron chi connectivity index (χ0n) is 20.4. The Labute approximate surface area is 216 Å². The van der Waals surface area contributed by atoms with Crippen LogP contribution in [0.2, 0.25) is 0 Å². The van der Waals surface area contributed by atoms with Crippen LogP contribution in [0.1, 0.15) is 25.2 Å². The largest absolute Gasteiger partial charge is 0.358 e. The Balaban J connectivity index is 1.63. The maximum Gasteiger partial charge on any atom is 0.283 e. The van der Waals surface area contributed by atoms with Crippen molar-refractivity contribution >= 4 is 39.3 Å². The number of hydrogen-bond acceptors (Lipinski definition) is 7. The highest BCUT2D eigenvalue weighted by Gasteiger charge is 2.26. The molecule has 3 heterocycles. The summed E-state index contributed by atoms with van der Waals surface area (Å²) in [4.78, 5) is 34.9. The van der Waals surface area contributed by atoms with Crippen molar-refractivity contribution in [3.63, 3.8) is 0 Å². The second kappa shape index (κ2) is 9.74. The molecule has 0 fully saturated rings. The number of nitrogens with zero attached hydrogens (tertiary/aromatic N) is 6. The van der Waals surface area contributed by atoms with Crippen LogP contribution in [-0.4, -0.2) is 29.6 Å². The van der Waals surface area contributed by atoms with Crippen molar-refractivity contribution in [3.8, 4) is 0 Å². The summed E-state index contributed by atoms with van der Waals surface area (Å²) >= 11 is 0. The van der Waals surface area contributed by atoms with Gasteiger partial charge < -0.3 is 10.3 Å². The smallest absolute Gasteiger partial charge is 0.283 e. The van der Waals surface area contributed by atoms with Crippen molar-refractivity contribution < 1.29 is 4.39 Å². The van der Waals surface area contributed by atoms with Crippen molar-refractivity contribution in [2.24, 2.45) is 0 Å². The van der Waals surface area contributed by atoms with Gasteiger partial charge in [0.2, 0.25) is 0 Å². The molecule has 0 saturated heterocycles. The van der Waals surface area contributed by atoms with Crippen LogP contribution in [0.3, 0.4) is 0 Å². The van der Waals surface area contributed by atoms with E-state index in [0.29, 0.717) is 40.6 Å². The number of rotatable bonds is 7. The van der Waals surface area contributed by atoms with Crippen molar-refractivity contribution in [2.75, 3.05) is 10.3 Å². The van der Waals surface area contributed by atoms with Crippen LogP contribution in [0.15, 0.2) is 96.3 Å². The van der Waals surface area contributed by atoms with Gasteiger partial charge >= 0.3 is 0 Å². The van der Waals surface area contributed by atoms with E-state index in [9.17, 15) is 4.79 Å². The Morgan fingerprint density at radius 2 is 1.66 bits per heavy atom. The number of nitrogens with one attached hydrogen (secondary N) is 2. The first kappa shape index (κ1) is 23.3. The summed E-state index contributed by atoms with van der Waals surface area (Å²) < 4.78 is 16.5. The molecule has 3 aromatic carbocycles. The molecule has 6 aromatic rings. The van der Waals surface area contributed by atoms with E-state index in [0.717, 1.165) is 0 Å². The number of H-pyrrole nitrogens is 1. The van der Waals surface area contributed by atoms with Crippen LogP contribution in [0.25, 0.3) is 22.1 Å². The van der Waals surface area contributed by atoms with Crippen LogP contribution in [0.4, 0.5) is 21.6 Å². The van der Waals surface area contributed by atoms with E-state index in [2.05, 4.69) is 25.3 Å². The summed E-state index contributed by atoms with van der Waals surface area (Å²) in [5.41, 5.74) is 2.32. The van der Waals surface area contributed by atoms with Gasteiger partial charge in [-0.2, -0.15) is 4.68 Å². The highest BCUT2D eigenvalue weighted by atomic mass is 19.1. The zero-order valence-corrected chi connectivity index (χ0v) is 20.4. The highest BCUT2D eigenvalue weighted by Crippen LogP contribution is 2.30. The molecule has 10 heteroatoms. The lowest BCUT2D eigenvalue weighted by Crippen LogP contribution is -2.40. The summed E-state index contributed by atoms with van der Waals surface area (Å²) in [5.74, 6) is 0.260. The molecule has 9 nitrogen and oxygen atoms in total. The first-order chi connectivity index (χ1) is 18.7. The van der Waals surface area contributed by atoms with E-state index < -0.39 is 17.4 Å². The maximum absolute atomic E-state index is 15.1. The van der Waals surface area contributed by atoms with Crippen molar-refractivity contribution in [2.45, 2.75) is 19.4 Å². The molecule has 38 heavy (non-hydrogen) atoms. The Hall–Kier alpha value is -5.12. The SMILES string of the molecule is CCC(Nc1ncnc2[nH]cnc12)c1nc2cccc(F)c2c(=O)n1N(c1ccccc1)c1ccccc1. The second-order valence-electron chi connectivity index (χ2n) is 8.63. The highest BCUT2D eigenvalue weighted by molar-refractivity contribution is 5.82. The maximum atomic E-state index is 15.1. The van der Waals surface area contributed by atoms with Gasteiger partial charge in [-0.1, -0.05) is 49.4 Å². The number of imidazole rings is 1.